The van der Waals surface area contributed by atoms with Crippen molar-refractivity contribution in [3.8, 4) is 16.9 Å². The van der Waals surface area contributed by atoms with Crippen molar-refractivity contribution in [2.75, 3.05) is 7.05 Å². The molecule has 7 nitrogen and oxygen atoms in total. The summed E-state index contributed by atoms with van der Waals surface area (Å²) in [7, 11) is 3.59. The third-order valence-corrected chi connectivity index (χ3v) is 4.70. The summed E-state index contributed by atoms with van der Waals surface area (Å²) in [4.78, 5) is 14.2. The highest BCUT2D eigenvalue weighted by atomic mass is 16.5. The molecule has 4 aromatic rings. The molecule has 0 unspecified atom stereocenters. The first kappa shape index (κ1) is 19.4. The standard InChI is InChI=1S/C23H23N5O2/c1-26(16-20-12-14-27(2)24-20)23(29)22-13-15-28(25-22)17-30-21-10-8-19(9-11-21)18-6-4-3-5-7-18/h3-15H,16-17H2,1-2H3. The van der Waals surface area contributed by atoms with Gasteiger partial charge < -0.3 is 9.64 Å². The number of aryl methyl sites for hydroxylation is 1. The maximum absolute atomic E-state index is 12.6. The van der Waals surface area contributed by atoms with Crippen LogP contribution < -0.4 is 4.74 Å². The zero-order valence-electron chi connectivity index (χ0n) is 17.0. The van der Waals surface area contributed by atoms with Crippen LogP contribution in [0.1, 0.15) is 16.2 Å². The Balaban J connectivity index is 1.33. The predicted molar refractivity (Wildman–Crippen MR) is 114 cm³/mol. The molecule has 2 aromatic heterocycles. The Morgan fingerprint density at radius 2 is 1.67 bits per heavy atom. The molecule has 0 fully saturated rings. The molecule has 0 atom stereocenters. The van der Waals surface area contributed by atoms with E-state index in [-0.39, 0.29) is 12.6 Å². The Morgan fingerprint density at radius 3 is 2.37 bits per heavy atom. The fraction of sp³-hybridized carbons (Fsp3) is 0.174. The number of rotatable bonds is 7. The summed E-state index contributed by atoms with van der Waals surface area (Å²) in [5, 5.41) is 8.63. The lowest BCUT2D eigenvalue weighted by Crippen LogP contribution is -2.27. The lowest BCUT2D eigenvalue weighted by atomic mass is 10.1. The molecule has 0 saturated carbocycles. The van der Waals surface area contributed by atoms with E-state index < -0.39 is 0 Å². The van der Waals surface area contributed by atoms with E-state index in [1.54, 1.807) is 33.6 Å². The molecule has 0 N–H and O–H groups in total. The number of benzene rings is 2. The van der Waals surface area contributed by atoms with E-state index in [1.807, 2.05) is 61.8 Å². The zero-order chi connectivity index (χ0) is 20.9. The molecule has 2 aromatic carbocycles. The summed E-state index contributed by atoms with van der Waals surface area (Å²) in [6.07, 6.45) is 3.59. The molecule has 4 rings (SSSR count). The minimum atomic E-state index is -0.161. The number of hydrogen-bond acceptors (Lipinski definition) is 4. The quantitative estimate of drug-likeness (QED) is 0.475. The maximum atomic E-state index is 12.6. The molecule has 0 aliphatic heterocycles. The van der Waals surface area contributed by atoms with Crippen LogP contribution in [0.3, 0.4) is 0 Å². The fourth-order valence-corrected chi connectivity index (χ4v) is 3.12. The Morgan fingerprint density at radius 1 is 0.933 bits per heavy atom. The lowest BCUT2D eigenvalue weighted by molar-refractivity contribution is 0.0775. The van der Waals surface area contributed by atoms with Crippen molar-refractivity contribution >= 4 is 5.91 Å². The van der Waals surface area contributed by atoms with E-state index in [0.717, 1.165) is 22.6 Å². The molecular formula is C23H23N5O2. The molecule has 0 aliphatic rings. The second-order valence-corrected chi connectivity index (χ2v) is 7.05. The van der Waals surface area contributed by atoms with Crippen LogP contribution >= 0.6 is 0 Å². The third kappa shape index (κ3) is 4.57. The van der Waals surface area contributed by atoms with Gasteiger partial charge in [0.2, 0.25) is 0 Å². The highest BCUT2D eigenvalue weighted by Crippen LogP contribution is 2.22. The van der Waals surface area contributed by atoms with Gasteiger partial charge in [-0.3, -0.25) is 9.48 Å². The summed E-state index contributed by atoms with van der Waals surface area (Å²) >= 11 is 0. The smallest absolute Gasteiger partial charge is 0.274 e. The molecule has 0 saturated heterocycles. The van der Waals surface area contributed by atoms with Crippen LogP contribution in [0.25, 0.3) is 11.1 Å². The van der Waals surface area contributed by atoms with Crippen LogP contribution in [0.15, 0.2) is 79.1 Å². The van der Waals surface area contributed by atoms with Crippen molar-refractivity contribution in [3.05, 3.63) is 90.5 Å². The molecular weight excluding hydrogens is 378 g/mol. The van der Waals surface area contributed by atoms with Crippen molar-refractivity contribution < 1.29 is 9.53 Å². The number of amides is 1. The first-order valence-corrected chi connectivity index (χ1v) is 9.64. The average Bonchev–Trinajstić information content (AvgIpc) is 3.41. The predicted octanol–water partition coefficient (Wildman–Crippen LogP) is 3.59. The molecule has 1 amide bonds. The van der Waals surface area contributed by atoms with Gasteiger partial charge in [-0.05, 0) is 35.4 Å². The second-order valence-electron chi connectivity index (χ2n) is 7.05. The number of ether oxygens (including phenoxy) is 1. The molecule has 30 heavy (non-hydrogen) atoms. The van der Waals surface area contributed by atoms with Crippen LogP contribution in [0.4, 0.5) is 0 Å². The number of nitrogens with zero attached hydrogens (tertiary/aromatic N) is 5. The normalized spacial score (nSPS) is 10.7. The van der Waals surface area contributed by atoms with Gasteiger partial charge in [0.25, 0.3) is 5.91 Å². The summed E-state index contributed by atoms with van der Waals surface area (Å²) in [5.74, 6) is 0.581. The lowest BCUT2D eigenvalue weighted by Gasteiger charge is -2.14. The van der Waals surface area contributed by atoms with Crippen LogP contribution in [-0.2, 0) is 20.3 Å². The van der Waals surface area contributed by atoms with Crippen LogP contribution in [-0.4, -0.2) is 37.4 Å². The Bertz CT molecular complexity index is 1120. The molecule has 0 bridgehead atoms. The Labute approximate surface area is 175 Å². The average molecular weight is 401 g/mol. The van der Waals surface area contributed by atoms with Gasteiger partial charge in [-0.1, -0.05) is 42.5 Å². The van der Waals surface area contributed by atoms with Gasteiger partial charge in [0.15, 0.2) is 12.4 Å². The zero-order valence-corrected chi connectivity index (χ0v) is 17.0. The minimum Gasteiger partial charge on any atom is -0.471 e. The van der Waals surface area contributed by atoms with Gasteiger partial charge in [0.05, 0.1) is 12.2 Å². The number of hydrogen-bond donors (Lipinski definition) is 0. The monoisotopic (exact) mass is 401 g/mol. The van der Waals surface area contributed by atoms with Crippen molar-refractivity contribution in [1.29, 1.82) is 0 Å². The van der Waals surface area contributed by atoms with Gasteiger partial charge >= 0.3 is 0 Å². The molecule has 0 radical (unpaired) electrons. The van der Waals surface area contributed by atoms with Crippen LogP contribution in [0.2, 0.25) is 0 Å². The first-order chi connectivity index (χ1) is 14.6. The molecule has 0 aliphatic carbocycles. The van der Waals surface area contributed by atoms with Gasteiger partial charge in [0, 0.05) is 26.5 Å². The molecule has 2 heterocycles. The topological polar surface area (TPSA) is 65.2 Å². The van der Waals surface area contributed by atoms with E-state index >= 15 is 0 Å². The summed E-state index contributed by atoms with van der Waals surface area (Å²) in [6, 6.07) is 21.7. The van der Waals surface area contributed by atoms with E-state index in [0.29, 0.717) is 12.2 Å². The number of carbonyl (C=O) groups excluding carboxylic acids is 1. The molecule has 152 valence electrons. The Kier molecular flexibility index (Phi) is 5.61. The third-order valence-electron chi connectivity index (χ3n) is 4.70. The number of aromatic nitrogens is 4. The molecule has 7 heteroatoms. The highest BCUT2D eigenvalue weighted by molar-refractivity contribution is 5.91. The second kappa shape index (κ2) is 8.65. The fourth-order valence-electron chi connectivity index (χ4n) is 3.12. The van der Waals surface area contributed by atoms with Gasteiger partial charge in [-0.25, -0.2) is 4.68 Å². The van der Waals surface area contributed by atoms with Crippen molar-refractivity contribution in [2.24, 2.45) is 7.05 Å². The van der Waals surface area contributed by atoms with E-state index in [9.17, 15) is 4.79 Å². The summed E-state index contributed by atoms with van der Waals surface area (Å²) < 4.78 is 9.12. The van der Waals surface area contributed by atoms with E-state index in [2.05, 4.69) is 22.3 Å². The number of carbonyl (C=O) groups is 1. The highest BCUT2D eigenvalue weighted by Gasteiger charge is 2.16. The van der Waals surface area contributed by atoms with Crippen molar-refractivity contribution in [3.63, 3.8) is 0 Å². The van der Waals surface area contributed by atoms with Gasteiger partial charge in [-0.15, -0.1) is 0 Å². The SMILES string of the molecule is CN(Cc1ccn(C)n1)C(=O)c1ccn(COc2ccc(-c3ccccc3)cc2)n1. The van der Waals surface area contributed by atoms with Crippen LogP contribution in [0, 0.1) is 0 Å². The first-order valence-electron chi connectivity index (χ1n) is 9.64. The largest absolute Gasteiger partial charge is 0.471 e. The minimum absolute atomic E-state index is 0.161. The summed E-state index contributed by atoms with van der Waals surface area (Å²) in [6.45, 7) is 0.652. The van der Waals surface area contributed by atoms with Crippen LogP contribution in [0.5, 0.6) is 5.75 Å². The van der Waals surface area contributed by atoms with E-state index in [4.69, 9.17) is 4.74 Å². The van der Waals surface area contributed by atoms with Gasteiger partial charge in [-0.2, -0.15) is 10.2 Å². The maximum Gasteiger partial charge on any atom is 0.274 e. The van der Waals surface area contributed by atoms with E-state index in [1.165, 1.54) is 0 Å². The van der Waals surface area contributed by atoms with Crippen molar-refractivity contribution in [1.82, 2.24) is 24.5 Å². The van der Waals surface area contributed by atoms with Crippen molar-refractivity contribution in [2.45, 2.75) is 13.3 Å². The Hall–Kier alpha value is -3.87. The van der Waals surface area contributed by atoms with Gasteiger partial charge in [0.1, 0.15) is 5.75 Å². The summed E-state index contributed by atoms with van der Waals surface area (Å²) in [5.41, 5.74) is 3.49. The molecule has 0 spiro atoms.